The minimum Gasteiger partial charge on any atom is -0.364 e. The number of hydrogen-bond acceptors (Lipinski definition) is 3. The molecule has 3 aromatic rings. The molecule has 0 spiro atoms. The minimum absolute atomic E-state index is 0.0512. The standard InChI is InChI=1S/C23H26N2O3S/c1-16-6-10-20(11-7-16)23(26)22-14-19(9-8-17(22)2)13-18(3)29(27,28)25-15-21-5-4-12-24-21/h4-12,14,18,24-25H,13,15H2,1-3H3. The van der Waals surface area contributed by atoms with Crippen molar-refractivity contribution in [2.24, 2.45) is 0 Å². The van der Waals surface area contributed by atoms with Crippen molar-refractivity contribution < 1.29 is 13.2 Å². The molecule has 1 unspecified atom stereocenters. The van der Waals surface area contributed by atoms with Gasteiger partial charge >= 0.3 is 0 Å². The Balaban J connectivity index is 1.74. The summed E-state index contributed by atoms with van der Waals surface area (Å²) in [6.07, 6.45) is 2.08. The summed E-state index contributed by atoms with van der Waals surface area (Å²) >= 11 is 0. The average molecular weight is 411 g/mol. The van der Waals surface area contributed by atoms with Gasteiger partial charge in [-0.05, 0) is 56.5 Å². The van der Waals surface area contributed by atoms with E-state index in [0.717, 1.165) is 22.4 Å². The zero-order chi connectivity index (χ0) is 21.0. The number of ketones is 1. The maximum atomic E-state index is 12.9. The summed E-state index contributed by atoms with van der Waals surface area (Å²) in [5, 5.41) is -0.623. The number of hydrogen-bond donors (Lipinski definition) is 2. The van der Waals surface area contributed by atoms with Crippen LogP contribution in [0.5, 0.6) is 0 Å². The normalized spacial score (nSPS) is 12.7. The minimum atomic E-state index is -3.49. The zero-order valence-corrected chi connectivity index (χ0v) is 17.7. The molecular formula is C23H26N2O3S. The van der Waals surface area contributed by atoms with Gasteiger partial charge in [-0.3, -0.25) is 4.79 Å². The Kier molecular flexibility index (Phi) is 6.35. The molecule has 0 saturated heterocycles. The molecule has 0 saturated carbocycles. The summed E-state index contributed by atoms with van der Waals surface area (Å²) in [5.41, 5.74) is 4.84. The van der Waals surface area contributed by atoms with Gasteiger partial charge in [-0.25, -0.2) is 13.1 Å². The Labute approximate surface area is 172 Å². The Morgan fingerprint density at radius 1 is 1.07 bits per heavy atom. The molecule has 5 nitrogen and oxygen atoms in total. The quantitative estimate of drug-likeness (QED) is 0.553. The number of nitrogens with one attached hydrogen (secondary N) is 2. The lowest BCUT2D eigenvalue weighted by molar-refractivity contribution is 0.103. The molecule has 3 rings (SSSR count). The molecule has 152 valence electrons. The zero-order valence-electron chi connectivity index (χ0n) is 16.9. The van der Waals surface area contributed by atoms with E-state index in [0.29, 0.717) is 17.5 Å². The molecule has 2 aromatic carbocycles. The smallest absolute Gasteiger partial charge is 0.214 e. The maximum absolute atomic E-state index is 12.9. The second-order valence-electron chi connectivity index (χ2n) is 7.42. The van der Waals surface area contributed by atoms with Gasteiger partial charge in [0, 0.05) is 23.0 Å². The van der Waals surface area contributed by atoms with Crippen LogP contribution >= 0.6 is 0 Å². The number of benzene rings is 2. The van der Waals surface area contributed by atoms with E-state index in [1.807, 2.05) is 68.4 Å². The number of aryl methyl sites for hydroxylation is 2. The predicted octanol–water partition coefficient (Wildman–Crippen LogP) is 3.91. The molecule has 0 aliphatic heterocycles. The van der Waals surface area contributed by atoms with Crippen LogP contribution in [0.2, 0.25) is 0 Å². The number of H-pyrrole nitrogens is 1. The molecule has 1 aromatic heterocycles. The molecule has 29 heavy (non-hydrogen) atoms. The molecule has 0 amide bonds. The summed E-state index contributed by atoms with van der Waals surface area (Å²) in [5.74, 6) is -0.0512. The van der Waals surface area contributed by atoms with Crippen LogP contribution in [0.1, 0.15) is 45.2 Å². The molecule has 0 radical (unpaired) electrons. The van der Waals surface area contributed by atoms with E-state index in [1.165, 1.54) is 0 Å². The van der Waals surface area contributed by atoms with E-state index in [9.17, 15) is 13.2 Å². The lowest BCUT2D eigenvalue weighted by atomic mass is 9.95. The van der Waals surface area contributed by atoms with Crippen LogP contribution in [0, 0.1) is 13.8 Å². The fourth-order valence-corrected chi connectivity index (χ4v) is 4.19. The lowest BCUT2D eigenvalue weighted by Crippen LogP contribution is -2.33. The summed E-state index contributed by atoms with van der Waals surface area (Å²) < 4.78 is 27.8. The molecule has 1 heterocycles. The fourth-order valence-electron chi connectivity index (χ4n) is 3.14. The second-order valence-corrected chi connectivity index (χ2v) is 9.60. The predicted molar refractivity (Wildman–Crippen MR) is 116 cm³/mol. The van der Waals surface area contributed by atoms with E-state index < -0.39 is 15.3 Å². The van der Waals surface area contributed by atoms with Gasteiger partial charge in [-0.2, -0.15) is 0 Å². The maximum Gasteiger partial charge on any atom is 0.214 e. The molecular weight excluding hydrogens is 384 g/mol. The first-order chi connectivity index (χ1) is 13.8. The van der Waals surface area contributed by atoms with Crippen molar-refractivity contribution in [1.29, 1.82) is 0 Å². The van der Waals surface area contributed by atoms with Gasteiger partial charge in [0.1, 0.15) is 0 Å². The third-order valence-corrected chi connectivity index (χ3v) is 6.81. The summed E-state index contributed by atoms with van der Waals surface area (Å²) in [6, 6.07) is 16.7. The van der Waals surface area contributed by atoms with Gasteiger partial charge in [0.25, 0.3) is 0 Å². The number of rotatable bonds is 8. The van der Waals surface area contributed by atoms with E-state index in [2.05, 4.69) is 9.71 Å². The highest BCUT2D eigenvalue weighted by Gasteiger charge is 2.22. The van der Waals surface area contributed by atoms with Crippen LogP contribution < -0.4 is 4.72 Å². The Hall–Kier alpha value is -2.70. The molecule has 6 heteroatoms. The van der Waals surface area contributed by atoms with Gasteiger partial charge in [0.05, 0.1) is 11.8 Å². The summed E-state index contributed by atoms with van der Waals surface area (Å²) in [7, 11) is -3.49. The fraction of sp³-hybridized carbons (Fsp3) is 0.261. The van der Waals surface area contributed by atoms with Gasteiger partial charge < -0.3 is 4.98 Å². The SMILES string of the molecule is Cc1ccc(C(=O)c2cc(CC(C)S(=O)(=O)NCc3ccc[nH]3)ccc2C)cc1. The van der Waals surface area contributed by atoms with E-state index in [-0.39, 0.29) is 12.3 Å². The van der Waals surface area contributed by atoms with Crippen LogP contribution in [0.4, 0.5) is 0 Å². The van der Waals surface area contributed by atoms with Crippen molar-refractivity contribution >= 4 is 15.8 Å². The van der Waals surface area contributed by atoms with Crippen LogP contribution in [-0.2, 0) is 23.0 Å². The van der Waals surface area contributed by atoms with E-state index in [1.54, 1.807) is 13.1 Å². The number of carbonyl (C=O) groups excluding carboxylic acids is 1. The third-order valence-electron chi connectivity index (χ3n) is 5.04. The number of carbonyl (C=O) groups is 1. The van der Waals surface area contributed by atoms with Crippen LogP contribution in [0.25, 0.3) is 0 Å². The average Bonchev–Trinajstić information content (AvgIpc) is 3.22. The highest BCUT2D eigenvalue weighted by Crippen LogP contribution is 2.19. The van der Waals surface area contributed by atoms with Gasteiger partial charge in [-0.15, -0.1) is 0 Å². The van der Waals surface area contributed by atoms with Crippen LogP contribution in [0.15, 0.2) is 60.8 Å². The van der Waals surface area contributed by atoms with Gasteiger partial charge in [0.15, 0.2) is 5.78 Å². The Morgan fingerprint density at radius 3 is 2.45 bits per heavy atom. The van der Waals surface area contributed by atoms with Crippen molar-refractivity contribution in [3.05, 3.63) is 94.3 Å². The first-order valence-electron chi connectivity index (χ1n) is 9.58. The molecule has 0 fully saturated rings. The number of sulfonamides is 1. The highest BCUT2D eigenvalue weighted by atomic mass is 32.2. The lowest BCUT2D eigenvalue weighted by Gasteiger charge is -2.15. The van der Waals surface area contributed by atoms with Crippen molar-refractivity contribution in [2.75, 3.05) is 0 Å². The molecule has 0 aliphatic carbocycles. The van der Waals surface area contributed by atoms with Crippen LogP contribution in [0.3, 0.4) is 0 Å². The topological polar surface area (TPSA) is 79.0 Å². The largest absolute Gasteiger partial charge is 0.364 e. The molecule has 0 aliphatic rings. The summed E-state index contributed by atoms with van der Waals surface area (Å²) in [6.45, 7) is 5.78. The molecule has 2 N–H and O–H groups in total. The van der Waals surface area contributed by atoms with Crippen molar-refractivity contribution in [1.82, 2.24) is 9.71 Å². The van der Waals surface area contributed by atoms with E-state index in [4.69, 9.17) is 0 Å². The first kappa shape index (κ1) is 21.0. The van der Waals surface area contributed by atoms with Gasteiger partial charge in [0.2, 0.25) is 10.0 Å². The van der Waals surface area contributed by atoms with Crippen LogP contribution in [-0.4, -0.2) is 24.4 Å². The molecule has 0 bridgehead atoms. The van der Waals surface area contributed by atoms with Crippen molar-refractivity contribution in [3.8, 4) is 0 Å². The number of aromatic nitrogens is 1. The Morgan fingerprint density at radius 2 is 1.79 bits per heavy atom. The Bertz CT molecular complexity index is 1090. The number of aromatic amines is 1. The highest BCUT2D eigenvalue weighted by molar-refractivity contribution is 7.90. The monoisotopic (exact) mass is 410 g/mol. The molecule has 1 atom stereocenters. The van der Waals surface area contributed by atoms with E-state index >= 15 is 0 Å². The van der Waals surface area contributed by atoms with Gasteiger partial charge in [-0.1, -0.05) is 42.0 Å². The first-order valence-corrected chi connectivity index (χ1v) is 11.1. The van der Waals surface area contributed by atoms with Crippen molar-refractivity contribution in [3.63, 3.8) is 0 Å². The third kappa shape index (κ3) is 5.22. The van der Waals surface area contributed by atoms with Crippen molar-refractivity contribution in [2.45, 2.75) is 39.0 Å². The summed E-state index contributed by atoms with van der Waals surface area (Å²) in [4.78, 5) is 15.9. The second kappa shape index (κ2) is 8.76.